The van der Waals surface area contributed by atoms with Gasteiger partial charge in [0.1, 0.15) is 0 Å². The molecule has 1 saturated carbocycles. The van der Waals surface area contributed by atoms with E-state index in [1.165, 1.54) is 18.6 Å². The second kappa shape index (κ2) is 6.11. The molecule has 1 fully saturated rings. The summed E-state index contributed by atoms with van der Waals surface area (Å²) in [7, 11) is 0.500. The molecule has 1 aliphatic carbocycles. The molecule has 20 heavy (non-hydrogen) atoms. The Morgan fingerprint density at radius 1 is 1.35 bits per heavy atom. The number of hydrogen-bond acceptors (Lipinski definition) is 2. The summed E-state index contributed by atoms with van der Waals surface area (Å²) >= 11 is 0. The Bertz CT molecular complexity index is 426. The first-order valence-corrected chi connectivity index (χ1v) is 8.04. The van der Waals surface area contributed by atoms with Crippen molar-refractivity contribution in [1.29, 1.82) is 0 Å². The van der Waals surface area contributed by atoms with Crippen molar-refractivity contribution in [3.05, 3.63) is 22.5 Å². The van der Waals surface area contributed by atoms with Gasteiger partial charge in [-0.2, -0.15) is 13.2 Å². The Morgan fingerprint density at radius 3 is 2.50 bits per heavy atom. The minimum Gasteiger partial charge on any atom is -0.453 e. The van der Waals surface area contributed by atoms with Crippen molar-refractivity contribution in [3.63, 3.8) is 0 Å². The van der Waals surface area contributed by atoms with Crippen molar-refractivity contribution in [2.45, 2.75) is 43.2 Å². The van der Waals surface area contributed by atoms with Gasteiger partial charge >= 0.3 is 12.3 Å². The summed E-state index contributed by atoms with van der Waals surface area (Å²) in [5.41, 5.74) is -0.515. The van der Waals surface area contributed by atoms with E-state index in [-0.39, 0.29) is 11.3 Å². The summed E-state index contributed by atoms with van der Waals surface area (Å²) < 4.78 is 42.3. The molecule has 114 valence electrons. The summed E-state index contributed by atoms with van der Waals surface area (Å²) in [6.45, 7) is 0. The van der Waals surface area contributed by atoms with Crippen LogP contribution in [0.4, 0.5) is 18.0 Å². The molecule has 0 spiro atoms. The number of amides is 1. The van der Waals surface area contributed by atoms with E-state index in [0.717, 1.165) is 25.7 Å². The van der Waals surface area contributed by atoms with E-state index >= 15 is 0 Å². The van der Waals surface area contributed by atoms with E-state index in [1.54, 1.807) is 5.41 Å². The summed E-state index contributed by atoms with van der Waals surface area (Å²) in [4.78, 5) is 11.1. The summed E-state index contributed by atoms with van der Waals surface area (Å²) in [6, 6.07) is 0.0753. The molecule has 0 aromatic rings. The van der Waals surface area contributed by atoms with Crippen LogP contribution < -0.4 is 5.32 Å². The van der Waals surface area contributed by atoms with Crippen molar-refractivity contribution in [3.8, 4) is 0 Å². The van der Waals surface area contributed by atoms with Crippen LogP contribution in [-0.4, -0.2) is 30.7 Å². The van der Waals surface area contributed by atoms with Gasteiger partial charge in [0, 0.05) is 6.04 Å². The molecule has 3 nitrogen and oxygen atoms in total. The number of carbonyl (C=O) groups is 1. The fraction of sp³-hybridized carbons (Fsp3) is 0.615. The molecule has 0 bridgehead atoms. The Balaban J connectivity index is 1.85. The molecule has 1 atom stereocenters. The number of rotatable bonds is 2. The lowest BCUT2D eigenvalue weighted by Crippen LogP contribution is -2.38. The first-order valence-electron chi connectivity index (χ1n) is 6.49. The molecule has 0 radical (unpaired) electrons. The summed E-state index contributed by atoms with van der Waals surface area (Å²) in [5, 5.41) is 6.12. The van der Waals surface area contributed by atoms with Crippen LogP contribution in [0.5, 0.6) is 0 Å². The second-order valence-corrected chi connectivity index (χ2v) is 7.17. The van der Waals surface area contributed by atoms with Gasteiger partial charge in [0.15, 0.2) is 0 Å². The van der Waals surface area contributed by atoms with Crippen LogP contribution in [0.15, 0.2) is 22.5 Å². The van der Waals surface area contributed by atoms with Crippen LogP contribution >= 0.6 is 10.9 Å². The first kappa shape index (κ1) is 15.3. The van der Waals surface area contributed by atoms with E-state index in [4.69, 9.17) is 0 Å². The monoisotopic (exact) mass is 309 g/mol. The molecule has 0 aromatic heterocycles. The van der Waals surface area contributed by atoms with Gasteiger partial charge in [-0.25, -0.2) is 15.7 Å². The average Bonchev–Trinajstić information content (AvgIpc) is 2.89. The number of ether oxygens (including phenoxy) is 1. The minimum absolute atomic E-state index is 0.0753. The van der Waals surface area contributed by atoms with Gasteiger partial charge in [0.2, 0.25) is 0 Å². The molecule has 1 N–H and O–H groups in total. The molecule has 7 heteroatoms. The zero-order valence-electron chi connectivity index (χ0n) is 11.1. The smallest absolute Gasteiger partial charge is 0.416 e. The number of carbonyl (C=O) groups excluding carboxylic acids is 1. The number of hydrogen-bond donors (Lipinski definition) is 2. The van der Waals surface area contributed by atoms with Gasteiger partial charge in [-0.1, -0.05) is 0 Å². The lowest BCUT2D eigenvalue weighted by molar-refractivity contribution is -0.0878. The summed E-state index contributed by atoms with van der Waals surface area (Å²) in [5.74, 6) is 0. The number of alkyl halides is 3. The number of methoxy groups -OCH3 is 1. The van der Waals surface area contributed by atoms with Gasteiger partial charge in [-0.3, -0.25) is 0 Å². The second-order valence-electron chi connectivity index (χ2n) is 4.99. The molecular weight excluding hydrogens is 291 g/mol. The third-order valence-electron chi connectivity index (χ3n) is 3.67. The van der Waals surface area contributed by atoms with E-state index in [0.29, 0.717) is 0 Å². The molecule has 1 aliphatic heterocycles. The zero-order chi connectivity index (χ0) is 14.8. The highest BCUT2D eigenvalue weighted by Gasteiger charge is 2.35. The molecule has 2 rings (SSSR count). The van der Waals surface area contributed by atoms with Crippen LogP contribution in [-0.2, 0) is 4.74 Å². The minimum atomic E-state index is -4.24. The van der Waals surface area contributed by atoms with Crippen molar-refractivity contribution < 1.29 is 22.7 Å². The topological polar surface area (TPSA) is 38.3 Å². The molecule has 1 unspecified atom stereocenters. The van der Waals surface area contributed by atoms with Crippen LogP contribution in [0.25, 0.3) is 0 Å². The fourth-order valence-corrected chi connectivity index (χ4v) is 4.87. The van der Waals surface area contributed by atoms with E-state index in [1.807, 2.05) is 0 Å². The van der Waals surface area contributed by atoms with Crippen LogP contribution in [0, 0.1) is 0 Å². The number of halogens is 3. The van der Waals surface area contributed by atoms with Crippen molar-refractivity contribution in [1.82, 2.24) is 5.32 Å². The predicted octanol–water partition coefficient (Wildman–Crippen LogP) is 3.63. The normalized spacial score (nSPS) is 31.8. The van der Waals surface area contributed by atoms with E-state index in [9.17, 15) is 18.0 Å². The molecule has 0 aromatic carbocycles. The zero-order valence-corrected chi connectivity index (χ0v) is 12.0. The van der Waals surface area contributed by atoms with Crippen molar-refractivity contribution >= 4 is 17.0 Å². The average molecular weight is 309 g/mol. The van der Waals surface area contributed by atoms with Crippen LogP contribution in [0.1, 0.15) is 25.7 Å². The third-order valence-corrected chi connectivity index (χ3v) is 6.10. The SMILES string of the molecule is COC(=O)NC1CCC([SH]2C=CC(C(F)(F)F)=C2)CC1. The third kappa shape index (κ3) is 3.71. The van der Waals surface area contributed by atoms with Crippen LogP contribution in [0.3, 0.4) is 0 Å². The van der Waals surface area contributed by atoms with Gasteiger partial charge in [-0.15, -0.1) is 0 Å². The maximum Gasteiger partial charge on any atom is 0.416 e. The number of alkyl carbamates (subject to hydrolysis) is 1. The predicted molar refractivity (Wildman–Crippen MR) is 73.8 cm³/mol. The Hall–Kier alpha value is -1.11. The Labute approximate surface area is 118 Å². The lowest BCUT2D eigenvalue weighted by Gasteiger charge is -2.32. The highest BCUT2D eigenvalue weighted by molar-refractivity contribution is 8.22. The molecule has 1 heterocycles. The van der Waals surface area contributed by atoms with Gasteiger partial charge in [0.05, 0.1) is 12.7 Å². The highest BCUT2D eigenvalue weighted by atomic mass is 32.2. The Kier molecular flexibility index (Phi) is 4.67. The first-order chi connectivity index (χ1) is 9.40. The Morgan fingerprint density at radius 2 is 2.00 bits per heavy atom. The standard InChI is InChI=1S/C13H18F3NO2S/c1-19-12(18)17-10-2-4-11(5-3-10)20-7-6-9(8-20)13(14,15)16/h6-8,10-11,20H,2-5H2,1H3,(H,17,18). The maximum absolute atomic E-state index is 12.6. The van der Waals surface area contributed by atoms with Gasteiger partial charge in [-0.05, 0) is 47.8 Å². The number of nitrogens with one attached hydrogen (secondary N) is 1. The quantitative estimate of drug-likeness (QED) is 0.765. The molecule has 0 saturated heterocycles. The van der Waals surface area contributed by atoms with Gasteiger partial charge < -0.3 is 10.1 Å². The van der Waals surface area contributed by atoms with E-state index in [2.05, 4.69) is 10.1 Å². The number of thiol groups is 1. The lowest BCUT2D eigenvalue weighted by atomic mass is 9.95. The number of allylic oxidation sites excluding steroid dienone is 2. The largest absolute Gasteiger partial charge is 0.453 e. The fourth-order valence-electron chi connectivity index (χ4n) is 2.55. The van der Waals surface area contributed by atoms with Crippen LogP contribution in [0.2, 0.25) is 0 Å². The van der Waals surface area contributed by atoms with E-state index < -0.39 is 28.7 Å². The maximum atomic E-state index is 12.6. The highest BCUT2D eigenvalue weighted by Crippen LogP contribution is 2.49. The molecular formula is C13H18F3NO2S. The molecule has 2 aliphatic rings. The summed E-state index contributed by atoms with van der Waals surface area (Å²) in [6.07, 6.45) is -0.219. The van der Waals surface area contributed by atoms with Gasteiger partial charge in [0.25, 0.3) is 0 Å². The molecule has 1 amide bonds. The van der Waals surface area contributed by atoms with Crippen molar-refractivity contribution in [2.24, 2.45) is 0 Å². The van der Waals surface area contributed by atoms with Crippen molar-refractivity contribution in [2.75, 3.05) is 7.11 Å².